The van der Waals surface area contributed by atoms with E-state index >= 15 is 0 Å². The Morgan fingerprint density at radius 2 is 2.29 bits per heavy atom. The molecule has 6 heteroatoms. The first kappa shape index (κ1) is 12.2. The van der Waals surface area contributed by atoms with Crippen LogP contribution in [0.2, 0.25) is 0 Å². The van der Waals surface area contributed by atoms with Crippen LogP contribution >= 0.6 is 11.8 Å². The van der Waals surface area contributed by atoms with Gasteiger partial charge in [0.1, 0.15) is 5.82 Å². The number of hydrogen-bond acceptors (Lipinski definition) is 4. The van der Waals surface area contributed by atoms with Gasteiger partial charge in [-0.2, -0.15) is 0 Å². The second-order valence-electron chi connectivity index (χ2n) is 3.80. The van der Waals surface area contributed by atoms with Crippen molar-refractivity contribution in [2.45, 2.75) is 11.0 Å². The molecule has 1 fully saturated rings. The molecule has 1 heterocycles. The average molecular weight is 256 g/mol. The van der Waals surface area contributed by atoms with Gasteiger partial charge < -0.3 is 15.7 Å². The molecule has 0 amide bonds. The number of benzene rings is 1. The molecule has 1 aromatic carbocycles. The van der Waals surface area contributed by atoms with E-state index in [2.05, 4.69) is 5.16 Å². The molecule has 0 radical (unpaired) electrons. The number of thioether (sulfide) groups is 1. The summed E-state index contributed by atoms with van der Waals surface area (Å²) in [4.78, 5) is 0. The summed E-state index contributed by atoms with van der Waals surface area (Å²) in [7, 11) is 0. The number of rotatable bonds is 4. The van der Waals surface area contributed by atoms with Crippen molar-refractivity contribution in [3.63, 3.8) is 0 Å². The molecule has 0 aromatic heterocycles. The summed E-state index contributed by atoms with van der Waals surface area (Å²) < 4.78 is 18.4. The molecule has 0 saturated carbocycles. The van der Waals surface area contributed by atoms with Gasteiger partial charge in [0.2, 0.25) is 0 Å². The second-order valence-corrected chi connectivity index (χ2v) is 5.09. The molecule has 4 nitrogen and oxygen atoms in total. The van der Waals surface area contributed by atoms with Gasteiger partial charge >= 0.3 is 0 Å². The minimum absolute atomic E-state index is 0.0808. The number of ether oxygens (including phenoxy) is 1. The van der Waals surface area contributed by atoms with Gasteiger partial charge in [-0.15, -0.1) is 11.8 Å². The van der Waals surface area contributed by atoms with Crippen molar-refractivity contribution in [3.05, 3.63) is 35.1 Å². The van der Waals surface area contributed by atoms with E-state index in [-0.39, 0.29) is 11.7 Å². The van der Waals surface area contributed by atoms with Gasteiger partial charge in [-0.25, -0.2) is 4.39 Å². The van der Waals surface area contributed by atoms with Crippen LogP contribution < -0.4 is 5.73 Å². The first-order chi connectivity index (χ1) is 8.19. The lowest BCUT2D eigenvalue weighted by atomic mass is 10.1. The van der Waals surface area contributed by atoms with Crippen LogP contribution in [0.25, 0.3) is 0 Å². The molecule has 0 spiro atoms. The minimum atomic E-state index is -0.380. The fraction of sp³-hybridized carbons (Fsp3) is 0.364. The highest BCUT2D eigenvalue weighted by atomic mass is 32.2. The summed E-state index contributed by atoms with van der Waals surface area (Å²) in [6.45, 7) is 1.51. The SMILES string of the molecule is N/C(=N/O)c1cc(F)cc(CSC2COC2)c1. The topological polar surface area (TPSA) is 67.8 Å². The van der Waals surface area contributed by atoms with E-state index in [4.69, 9.17) is 15.7 Å². The molecule has 0 atom stereocenters. The van der Waals surface area contributed by atoms with Crippen LogP contribution in [0.5, 0.6) is 0 Å². The molecule has 0 bridgehead atoms. The highest BCUT2D eigenvalue weighted by Gasteiger charge is 2.18. The first-order valence-corrected chi connectivity index (χ1v) is 6.20. The molecule has 0 unspecified atom stereocenters. The molecule has 3 N–H and O–H groups in total. The second kappa shape index (κ2) is 5.37. The Balaban J connectivity index is 2.07. The van der Waals surface area contributed by atoms with E-state index in [1.165, 1.54) is 12.1 Å². The predicted octanol–water partition coefficient (Wildman–Crippen LogP) is 1.55. The van der Waals surface area contributed by atoms with Gasteiger partial charge in [0.15, 0.2) is 5.84 Å². The standard InChI is InChI=1S/C11H13FN2O2S/c12-9-2-7(6-17-10-4-16-5-10)1-8(3-9)11(13)14-15/h1-3,10,15H,4-6H2,(H2,13,14). The number of nitrogens with two attached hydrogens (primary N) is 1. The van der Waals surface area contributed by atoms with E-state index in [0.717, 1.165) is 18.8 Å². The summed E-state index contributed by atoms with van der Waals surface area (Å²) in [6.07, 6.45) is 0. The summed E-state index contributed by atoms with van der Waals surface area (Å²) in [5.41, 5.74) is 6.65. The molecule has 1 aliphatic rings. The van der Waals surface area contributed by atoms with Gasteiger partial charge in [-0.05, 0) is 23.8 Å². The Kier molecular flexibility index (Phi) is 3.86. The summed E-state index contributed by atoms with van der Waals surface area (Å²) in [6, 6.07) is 4.43. The predicted molar refractivity (Wildman–Crippen MR) is 64.8 cm³/mol. The maximum absolute atomic E-state index is 13.3. The van der Waals surface area contributed by atoms with Crippen LogP contribution in [0.4, 0.5) is 4.39 Å². The zero-order chi connectivity index (χ0) is 12.3. The lowest BCUT2D eigenvalue weighted by Crippen LogP contribution is -2.30. The maximum Gasteiger partial charge on any atom is 0.170 e. The fourth-order valence-electron chi connectivity index (χ4n) is 1.46. The molecule has 1 aromatic rings. The molecule has 1 aliphatic heterocycles. The maximum atomic E-state index is 13.3. The first-order valence-electron chi connectivity index (χ1n) is 5.16. The van der Waals surface area contributed by atoms with E-state index in [1.54, 1.807) is 17.8 Å². The zero-order valence-electron chi connectivity index (χ0n) is 9.10. The molecular formula is C11H13FN2O2S. The quantitative estimate of drug-likeness (QED) is 0.371. The van der Waals surface area contributed by atoms with Gasteiger partial charge in [0.25, 0.3) is 0 Å². The van der Waals surface area contributed by atoms with Crippen LogP contribution in [-0.2, 0) is 10.5 Å². The molecule has 0 aliphatic carbocycles. The zero-order valence-corrected chi connectivity index (χ0v) is 9.91. The monoisotopic (exact) mass is 256 g/mol. The van der Waals surface area contributed by atoms with Crippen LogP contribution in [0, 0.1) is 5.82 Å². The van der Waals surface area contributed by atoms with Crippen molar-refractivity contribution in [3.8, 4) is 0 Å². The van der Waals surface area contributed by atoms with Crippen LogP contribution in [0.1, 0.15) is 11.1 Å². The summed E-state index contributed by atoms with van der Waals surface area (Å²) in [5.74, 6) is 0.231. The molecule has 92 valence electrons. The lowest BCUT2D eigenvalue weighted by molar-refractivity contribution is 0.0455. The van der Waals surface area contributed by atoms with E-state index < -0.39 is 0 Å². The van der Waals surface area contributed by atoms with Gasteiger partial charge in [0.05, 0.1) is 18.5 Å². The summed E-state index contributed by atoms with van der Waals surface area (Å²) >= 11 is 1.72. The van der Waals surface area contributed by atoms with Crippen molar-refractivity contribution < 1.29 is 14.3 Å². The molecular weight excluding hydrogens is 243 g/mol. The molecule has 17 heavy (non-hydrogen) atoms. The molecule has 2 rings (SSSR count). The Morgan fingerprint density at radius 1 is 1.53 bits per heavy atom. The van der Waals surface area contributed by atoms with Crippen molar-refractivity contribution in [2.75, 3.05) is 13.2 Å². The Bertz CT molecular complexity index is 435. The largest absolute Gasteiger partial charge is 0.409 e. The fourth-order valence-corrected chi connectivity index (χ4v) is 2.44. The minimum Gasteiger partial charge on any atom is -0.409 e. The Morgan fingerprint density at radius 3 is 2.88 bits per heavy atom. The number of halogens is 1. The van der Waals surface area contributed by atoms with Crippen LogP contribution in [-0.4, -0.2) is 29.5 Å². The third-order valence-electron chi connectivity index (χ3n) is 2.45. The smallest absolute Gasteiger partial charge is 0.170 e. The lowest BCUT2D eigenvalue weighted by Gasteiger charge is -2.25. The van der Waals surface area contributed by atoms with Crippen molar-refractivity contribution >= 4 is 17.6 Å². The average Bonchev–Trinajstić information content (AvgIpc) is 2.25. The van der Waals surface area contributed by atoms with E-state index in [1.807, 2.05) is 0 Å². The normalized spacial score (nSPS) is 16.9. The molecule has 1 saturated heterocycles. The third-order valence-corrected chi connectivity index (χ3v) is 3.70. The number of oxime groups is 1. The van der Waals surface area contributed by atoms with E-state index in [9.17, 15) is 4.39 Å². The van der Waals surface area contributed by atoms with Gasteiger partial charge in [-0.3, -0.25) is 0 Å². The van der Waals surface area contributed by atoms with Gasteiger partial charge in [0, 0.05) is 11.3 Å². The summed E-state index contributed by atoms with van der Waals surface area (Å²) in [5, 5.41) is 11.9. The highest BCUT2D eigenvalue weighted by Crippen LogP contribution is 2.24. The van der Waals surface area contributed by atoms with Crippen molar-refractivity contribution in [2.24, 2.45) is 10.9 Å². The number of hydrogen-bond donors (Lipinski definition) is 2. The van der Waals surface area contributed by atoms with Crippen molar-refractivity contribution in [1.29, 1.82) is 0 Å². The van der Waals surface area contributed by atoms with E-state index in [0.29, 0.717) is 16.6 Å². The van der Waals surface area contributed by atoms with Crippen LogP contribution in [0.3, 0.4) is 0 Å². The van der Waals surface area contributed by atoms with Crippen LogP contribution in [0.15, 0.2) is 23.4 Å². The van der Waals surface area contributed by atoms with Crippen molar-refractivity contribution in [1.82, 2.24) is 0 Å². The van der Waals surface area contributed by atoms with Gasteiger partial charge in [-0.1, -0.05) is 5.16 Å². The third kappa shape index (κ3) is 3.10. The Hall–Kier alpha value is -1.27. The Labute approximate surface area is 103 Å². The highest BCUT2D eigenvalue weighted by molar-refractivity contribution is 7.99. The number of amidine groups is 1. The number of nitrogens with zero attached hydrogens (tertiary/aromatic N) is 1.